The molecule has 2 aromatic rings. The molecule has 4 aliphatic rings. The molecule has 2 N–H and O–H groups in total. The van der Waals surface area contributed by atoms with Crippen molar-refractivity contribution in [3.8, 4) is 0 Å². The fourth-order valence-corrected chi connectivity index (χ4v) is 8.26. The van der Waals surface area contributed by atoms with Gasteiger partial charge < -0.3 is 20.2 Å². The highest BCUT2D eigenvalue weighted by atomic mass is 19.1. The van der Waals surface area contributed by atoms with Crippen LogP contribution in [0.1, 0.15) is 62.5 Å². The average Bonchev–Trinajstić information content (AvgIpc) is 3.73. The molecule has 4 fully saturated rings. The monoisotopic (exact) mass is 606 g/mol. The number of likely N-dealkylation sites (tertiary alicyclic amines) is 1. The van der Waals surface area contributed by atoms with Crippen LogP contribution in [0.4, 0.5) is 13.6 Å². The number of amides is 3. The standard InChI is InChI=1S/C35H44F2N4O3/c1-2-16-40(34(43)38-20-24-10-12-28(36)13-11-24)32-18-30-14-15-31(19-32)41(30)22-27-21-39(33(42)25-6-3-4-7-25)23-35(27,44)26-8-5-9-29(37)17-26/h2,5,8-13,17,25,27,30-32,44H,1,3-4,6-7,14-16,18-23H2,(H,38,43)/t27-,30-,31+,32?,35+/m1/s1. The molecule has 2 bridgehead atoms. The minimum atomic E-state index is -1.33. The number of halogens is 2. The third-order valence-corrected chi connectivity index (χ3v) is 10.6. The molecule has 0 aromatic heterocycles. The predicted molar refractivity (Wildman–Crippen MR) is 164 cm³/mol. The molecule has 2 aromatic carbocycles. The minimum Gasteiger partial charge on any atom is -0.383 e. The van der Waals surface area contributed by atoms with Crippen LogP contribution in [0.25, 0.3) is 0 Å². The number of nitrogens with zero attached hydrogens (tertiary/aromatic N) is 3. The Bertz CT molecular complexity index is 1340. The van der Waals surface area contributed by atoms with Gasteiger partial charge in [-0.15, -0.1) is 6.58 Å². The van der Waals surface area contributed by atoms with Gasteiger partial charge in [-0.05, 0) is 73.9 Å². The molecule has 7 nitrogen and oxygen atoms in total. The van der Waals surface area contributed by atoms with Crippen molar-refractivity contribution in [1.82, 2.24) is 20.0 Å². The zero-order valence-electron chi connectivity index (χ0n) is 25.3. The lowest BCUT2D eigenvalue weighted by molar-refractivity contribution is -0.135. The van der Waals surface area contributed by atoms with Gasteiger partial charge in [-0.3, -0.25) is 9.69 Å². The van der Waals surface area contributed by atoms with Crippen molar-refractivity contribution in [3.63, 3.8) is 0 Å². The number of piperidine rings is 1. The van der Waals surface area contributed by atoms with Gasteiger partial charge in [-0.2, -0.15) is 0 Å². The number of hydrogen-bond acceptors (Lipinski definition) is 4. The molecular weight excluding hydrogens is 562 g/mol. The summed E-state index contributed by atoms with van der Waals surface area (Å²) in [5.74, 6) is -0.819. The van der Waals surface area contributed by atoms with E-state index in [2.05, 4.69) is 16.8 Å². The van der Waals surface area contributed by atoms with Crippen molar-refractivity contribution < 1.29 is 23.5 Å². The first kappa shape index (κ1) is 30.7. The van der Waals surface area contributed by atoms with Gasteiger partial charge in [0.2, 0.25) is 5.91 Å². The summed E-state index contributed by atoms with van der Waals surface area (Å²) in [6.45, 7) is 5.88. The Balaban J connectivity index is 1.15. The van der Waals surface area contributed by atoms with E-state index < -0.39 is 11.4 Å². The van der Waals surface area contributed by atoms with Gasteiger partial charge in [0.1, 0.15) is 17.2 Å². The van der Waals surface area contributed by atoms with Gasteiger partial charge in [-0.25, -0.2) is 13.6 Å². The minimum absolute atomic E-state index is 0.0162. The first-order chi connectivity index (χ1) is 21.2. The third-order valence-electron chi connectivity index (χ3n) is 10.6. The van der Waals surface area contributed by atoms with Crippen LogP contribution in [0.3, 0.4) is 0 Å². The van der Waals surface area contributed by atoms with Crippen LogP contribution in [-0.4, -0.2) is 76.0 Å². The maximum absolute atomic E-state index is 14.4. The van der Waals surface area contributed by atoms with E-state index in [1.165, 1.54) is 24.3 Å². The Hall–Kier alpha value is -3.30. The summed E-state index contributed by atoms with van der Waals surface area (Å²) >= 11 is 0. The van der Waals surface area contributed by atoms with Crippen molar-refractivity contribution in [2.45, 2.75) is 81.6 Å². The summed E-state index contributed by atoms with van der Waals surface area (Å²) in [5, 5.41) is 15.2. The maximum atomic E-state index is 14.4. The van der Waals surface area contributed by atoms with Gasteiger partial charge in [-0.1, -0.05) is 43.2 Å². The lowest BCUT2D eigenvalue weighted by Crippen LogP contribution is -2.55. The molecule has 0 radical (unpaired) electrons. The second-order valence-electron chi connectivity index (χ2n) is 13.3. The number of β-amino-alcohol motifs (C(OH)–C–C–N with tert-alkyl or cyclic N) is 1. The average molecular weight is 607 g/mol. The molecule has 1 aliphatic carbocycles. The molecule has 1 saturated carbocycles. The van der Waals surface area contributed by atoms with Gasteiger partial charge in [0.15, 0.2) is 0 Å². The number of carbonyl (C=O) groups excluding carboxylic acids is 2. The number of urea groups is 1. The van der Waals surface area contributed by atoms with Gasteiger partial charge >= 0.3 is 6.03 Å². The van der Waals surface area contributed by atoms with Crippen LogP contribution in [-0.2, 0) is 16.9 Å². The Morgan fingerprint density at radius 3 is 2.39 bits per heavy atom. The Labute approximate surface area is 258 Å². The van der Waals surface area contributed by atoms with Crippen molar-refractivity contribution in [2.24, 2.45) is 11.8 Å². The van der Waals surface area contributed by atoms with Crippen molar-refractivity contribution in [2.75, 3.05) is 26.2 Å². The SMILES string of the molecule is C=CCN(C(=O)NCc1ccc(F)cc1)C1C[C@H]2CC[C@@H](C1)N2C[C@H]1CN(C(=O)C2CCCC2)C[C@]1(O)c1cccc(F)c1. The van der Waals surface area contributed by atoms with Gasteiger partial charge in [0.05, 0.1) is 6.54 Å². The molecule has 0 spiro atoms. The molecule has 5 atom stereocenters. The number of fused-ring (bicyclic) bond motifs is 2. The largest absolute Gasteiger partial charge is 0.383 e. The molecule has 6 rings (SSSR count). The van der Waals surface area contributed by atoms with Gasteiger partial charge in [0.25, 0.3) is 0 Å². The zero-order valence-corrected chi connectivity index (χ0v) is 25.3. The summed E-state index contributed by atoms with van der Waals surface area (Å²) in [7, 11) is 0. The molecule has 44 heavy (non-hydrogen) atoms. The van der Waals surface area contributed by atoms with E-state index in [9.17, 15) is 23.5 Å². The molecular formula is C35H44F2N4O3. The van der Waals surface area contributed by atoms with Crippen molar-refractivity contribution in [3.05, 3.63) is 83.9 Å². The Morgan fingerprint density at radius 2 is 1.73 bits per heavy atom. The van der Waals surface area contributed by atoms with Crippen LogP contribution >= 0.6 is 0 Å². The maximum Gasteiger partial charge on any atom is 0.318 e. The van der Waals surface area contributed by atoms with E-state index >= 15 is 0 Å². The van der Waals surface area contributed by atoms with E-state index in [4.69, 9.17) is 0 Å². The number of carbonyl (C=O) groups is 2. The second kappa shape index (κ2) is 13.0. The lowest BCUT2D eigenvalue weighted by atomic mass is 9.82. The highest BCUT2D eigenvalue weighted by Gasteiger charge is 2.52. The zero-order chi connectivity index (χ0) is 30.8. The van der Waals surface area contributed by atoms with Crippen molar-refractivity contribution >= 4 is 11.9 Å². The van der Waals surface area contributed by atoms with E-state index in [1.54, 1.807) is 30.3 Å². The molecule has 3 saturated heterocycles. The van der Waals surface area contributed by atoms with E-state index in [0.717, 1.165) is 56.9 Å². The third kappa shape index (κ3) is 6.26. The van der Waals surface area contributed by atoms with Crippen LogP contribution < -0.4 is 5.32 Å². The number of hydrogen-bond donors (Lipinski definition) is 2. The summed E-state index contributed by atoms with van der Waals surface area (Å²) in [5.41, 5.74) is 0.0272. The van der Waals surface area contributed by atoms with Gasteiger partial charge in [0, 0.05) is 56.1 Å². The van der Waals surface area contributed by atoms with Crippen LogP contribution in [0.2, 0.25) is 0 Å². The van der Waals surface area contributed by atoms with Crippen LogP contribution in [0.15, 0.2) is 61.2 Å². The van der Waals surface area contributed by atoms with E-state index in [-0.39, 0.29) is 54.3 Å². The van der Waals surface area contributed by atoms with E-state index in [1.807, 2.05) is 9.80 Å². The first-order valence-electron chi connectivity index (χ1n) is 16.2. The number of benzene rings is 2. The second-order valence-corrected chi connectivity index (χ2v) is 13.3. The first-order valence-corrected chi connectivity index (χ1v) is 16.2. The Morgan fingerprint density at radius 1 is 1.02 bits per heavy atom. The summed E-state index contributed by atoms with van der Waals surface area (Å²) in [4.78, 5) is 33.0. The molecule has 9 heteroatoms. The smallest absolute Gasteiger partial charge is 0.318 e. The van der Waals surface area contributed by atoms with E-state index in [0.29, 0.717) is 31.7 Å². The molecule has 3 aliphatic heterocycles. The lowest BCUT2D eigenvalue weighted by Gasteiger charge is -2.45. The molecule has 3 amide bonds. The number of nitrogens with one attached hydrogen (secondary N) is 1. The quantitative estimate of drug-likeness (QED) is 0.385. The van der Waals surface area contributed by atoms with Crippen LogP contribution in [0, 0.1) is 23.5 Å². The molecule has 3 heterocycles. The summed E-state index contributed by atoms with van der Waals surface area (Å²) < 4.78 is 27.7. The van der Waals surface area contributed by atoms with Crippen molar-refractivity contribution in [1.29, 1.82) is 0 Å². The van der Waals surface area contributed by atoms with Crippen LogP contribution in [0.5, 0.6) is 0 Å². The fourth-order valence-electron chi connectivity index (χ4n) is 8.26. The molecule has 1 unspecified atom stereocenters. The summed E-state index contributed by atoms with van der Waals surface area (Å²) in [6, 6.07) is 12.7. The molecule has 236 valence electrons. The highest BCUT2D eigenvalue weighted by Crippen LogP contribution is 2.44. The number of rotatable bonds is 9. The fraction of sp³-hybridized carbons (Fsp3) is 0.543. The highest BCUT2D eigenvalue weighted by molar-refractivity contribution is 5.79. The predicted octanol–water partition coefficient (Wildman–Crippen LogP) is 5.19. The normalized spacial score (nSPS) is 28.8. The topological polar surface area (TPSA) is 76.1 Å². The number of aliphatic hydroxyl groups is 1. The Kier molecular flexibility index (Phi) is 9.06. The summed E-state index contributed by atoms with van der Waals surface area (Å²) in [6.07, 6.45) is 9.31.